The van der Waals surface area contributed by atoms with E-state index in [9.17, 15) is 18.0 Å². The highest BCUT2D eigenvalue weighted by molar-refractivity contribution is 7.92. The van der Waals surface area contributed by atoms with Crippen LogP contribution in [0.3, 0.4) is 0 Å². The van der Waals surface area contributed by atoms with Crippen LogP contribution < -0.4 is 14.4 Å². The number of carbonyl (C=O) groups excluding carboxylic acids is 2. The molecule has 1 unspecified atom stereocenters. The van der Waals surface area contributed by atoms with Crippen molar-refractivity contribution in [2.75, 3.05) is 31.3 Å². The molecule has 0 spiro atoms. The third kappa shape index (κ3) is 6.37. The standard InChI is InChI=1S/C22H28ClN3O5S/c1-5-19(22(28)24-2)25(14-16-10-12-17(31-3)13-11-16)21(27)15-26(32(4,29)30)20-9-7-6-8-18(20)23/h6-13,19H,5,14-15H2,1-4H3,(H,24,28). The molecule has 0 heterocycles. The maximum Gasteiger partial charge on any atom is 0.244 e. The number of nitrogens with zero attached hydrogens (tertiary/aromatic N) is 2. The van der Waals surface area contributed by atoms with Crippen molar-refractivity contribution in [1.82, 2.24) is 10.2 Å². The maximum atomic E-state index is 13.4. The molecule has 0 aliphatic rings. The topological polar surface area (TPSA) is 96.0 Å². The average Bonchev–Trinajstić information content (AvgIpc) is 2.77. The van der Waals surface area contributed by atoms with E-state index in [1.165, 1.54) is 18.0 Å². The van der Waals surface area contributed by atoms with Gasteiger partial charge in [-0.15, -0.1) is 0 Å². The summed E-state index contributed by atoms with van der Waals surface area (Å²) in [5.74, 6) is -0.202. The number of nitrogens with one attached hydrogen (secondary N) is 1. The van der Waals surface area contributed by atoms with Crippen LogP contribution in [-0.4, -0.2) is 58.1 Å². The minimum atomic E-state index is -3.82. The van der Waals surface area contributed by atoms with Crippen molar-refractivity contribution in [2.45, 2.75) is 25.9 Å². The molecule has 0 aliphatic carbocycles. The van der Waals surface area contributed by atoms with Crippen LogP contribution in [0.4, 0.5) is 5.69 Å². The molecule has 2 aromatic carbocycles. The Morgan fingerprint density at radius 1 is 1.12 bits per heavy atom. The molecule has 0 bridgehead atoms. The van der Waals surface area contributed by atoms with Crippen LogP contribution in [0.1, 0.15) is 18.9 Å². The van der Waals surface area contributed by atoms with E-state index < -0.39 is 28.5 Å². The van der Waals surface area contributed by atoms with E-state index in [2.05, 4.69) is 5.32 Å². The van der Waals surface area contributed by atoms with E-state index in [0.29, 0.717) is 12.2 Å². The molecule has 2 aromatic rings. The molecule has 0 saturated heterocycles. The molecule has 32 heavy (non-hydrogen) atoms. The van der Waals surface area contributed by atoms with Gasteiger partial charge in [0.25, 0.3) is 0 Å². The Labute approximate surface area is 194 Å². The molecule has 0 aromatic heterocycles. The fourth-order valence-corrected chi connectivity index (χ4v) is 4.41. The second kappa shape index (κ2) is 11.2. The fourth-order valence-electron chi connectivity index (χ4n) is 3.26. The summed E-state index contributed by atoms with van der Waals surface area (Å²) in [7, 11) is -0.778. The Morgan fingerprint density at radius 2 is 1.75 bits per heavy atom. The number of hydrogen-bond acceptors (Lipinski definition) is 5. The third-order valence-electron chi connectivity index (χ3n) is 4.94. The van der Waals surface area contributed by atoms with E-state index in [0.717, 1.165) is 16.1 Å². The molecule has 0 radical (unpaired) electrons. The zero-order chi connectivity index (χ0) is 23.9. The minimum Gasteiger partial charge on any atom is -0.497 e. The summed E-state index contributed by atoms with van der Waals surface area (Å²) in [6.07, 6.45) is 1.36. The number of ether oxygens (including phenoxy) is 1. The first-order valence-electron chi connectivity index (χ1n) is 9.98. The molecule has 8 nitrogen and oxygen atoms in total. The molecule has 1 N–H and O–H groups in total. The molecular formula is C22H28ClN3O5S. The summed E-state index contributed by atoms with van der Waals surface area (Å²) in [6.45, 7) is 1.41. The Bertz CT molecular complexity index is 1040. The van der Waals surface area contributed by atoms with Crippen LogP contribution in [0.5, 0.6) is 5.75 Å². The molecule has 2 rings (SSSR count). The van der Waals surface area contributed by atoms with E-state index in [1.54, 1.807) is 56.5 Å². The van der Waals surface area contributed by atoms with Gasteiger partial charge in [0.15, 0.2) is 0 Å². The Balaban J connectivity index is 2.42. The molecular weight excluding hydrogens is 454 g/mol. The average molecular weight is 482 g/mol. The van der Waals surface area contributed by atoms with Gasteiger partial charge in [-0.05, 0) is 36.2 Å². The number of rotatable bonds is 10. The van der Waals surface area contributed by atoms with Crippen LogP contribution in [0.25, 0.3) is 0 Å². The lowest BCUT2D eigenvalue weighted by Gasteiger charge is -2.32. The second-order valence-electron chi connectivity index (χ2n) is 7.13. The lowest BCUT2D eigenvalue weighted by atomic mass is 10.1. The van der Waals surface area contributed by atoms with Gasteiger partial charge in [-0.2, -0.15) is 0 Å². The normalized spacial score (nSPS) is 12.0. The Kier molecular flexibility index (Phi) is 8.91. The number of sulfonamides is 1. The Hall–Kier alpha value is -2.78. The summed E-state index contributed by atoms with van der Waals surface area (Å²) in [5, 5.41) is 2.77. The molecule has 0 fully saturated rings. The number of methoxy groups -OCH3 is 1. The smallest absolute Gasteiger partial charge is 0.244 e. The van der Waals surface area contributed by atoms with Gasteiger partial charge in [0.2, 0.25) is 21.8 Å². The van der Waals surface area contributed by atoms with Crippen molar-refractivity contribution >= 4 is 39.1 Å². The Morgan fingerprint density at radius 3 is 2.25 bits per heavy atom. The number of para-hydroxylation sites is 1. The van der Waals surface area contributed by atoms with E-state index >= 15 is 0 Å². The zero-order valence-electron chi connectivity index (χ0n) is 18.5. The summed E-state index contributed by atoms with van der Waals surface area (Å²) in [5.41, 5.74) is 0.965. The van der Waals surface area contributed by atoms with Gasteiger partial charge in [-0.25, -0.2) is 8.42 Å². The highest BCUT2D eigenvalue weighted by Crippen LogP contribution is 2.27. The SMILES string of the molecule is CCC(C(=O)NC)N(Cc1ccc(OC)cc1)C(=O)CN(c1ccccc1Cl)S(C)(=O)=O. The van der Waals surface area contributed by atoms with Crippen LogP contribution >= 0.6 is 11.6 Å². The number of benzene rings is 2. The van der Waals surface area contributed by atoms with Gasteiger partial charge in [-0.3, -0.25) is 13.9 Å². The predicted octanol–water partition coefficient (Wildman–Crippen LogP) is 2.67. The quantitative estimate of drug-likeness (QED) is 0.562. The van der Waals surface area contributed by atoms with Gasteiger partial charge in [-0.1, -0.05) is 42.8 Å². The van der Waals surface area contributed by atoms with Gasteiger partial charge >= 0.3 is 0 Å². The lowest BCUT2D eigenvalue weighted by Crippen LogP contribution is -2.51. The second-order valence-corrected chi connectivity index (χ2v) is 9.44. The van der Waals surface area contributed by atoms with Crippen LogP contribution in [0.15, 0.2) is 48.5 Å². The van der Waals surface area contributed by atoms with Crippen molar-refractivity contribution in [3.8, 4) is 5.75 Å². The summed E-state index contributed by atoms with van der Waals surface area (Å²) in [6, 6.07) is 12.7. The maximum absolute atomic E-state index is 13.4. The minimum absolute atomic E-state index is 0.120. The molecule has 0 aliphatic heterocycles. The van der Waals surface area contributed by atoms with Crippen molar-refractivity contribution in [2.24, 2.45) is 0 Å². The lowest BCUT2D eigenvalue weighted by molar-refractivity contribution is -0.140. The van der Waals surface area contributed by atoms with Crippen molar-refractivity contribution in [1.29, 1.82) is 0 Å². The third-order valence-corrected chi connectivity index (χ3v) is 6.39. The van der Waals surface area contributed by atoms with Crippen molar-refractivity contribution < 1.29 is 22.7 Å². The van der Waals surface area contributed by atoms with Gasteiger partial charge < -0.3 is 15.0 Å². The molecule has 10 heteroatoms. The predicted molar refractivity (Wildman–Crippen MR) is 125 cm³/mol. The highest BCUT2D eigenvalue weighted by Gasteiger charge is 2.31. The molecule has 1 atom stereocenters. The monoisotopic (exact) mass is 481 g/mol. The summed E-state index contributed by atoms with van der Waals surface area (Å²) >= 11 is 6.20. The summed E-state index contributed by atoms with van der Waals surface area (Å²) < 4.78 is 31.1. The molecule has 0 saturated carbocycles. The number of likely N-dealkylation sites (N-methyl/N-ethyl adjacent to an activating group) is 1. The van der Waals surface area contributed by atoms with Gasteiger partial charge in [0.1, 0.15) is 18.3 Å². The largest absolute Gasteiger partial charge is 0.497 e. The number of halogens is 1. The fraction of sp³-hybridized carbons (Fsp3) is 0.364. The van der Waals surface area contributed by atoms with Crippen molar-refractivity contribution in [3.05, 3.63) is 59.1 Å². The molecule has 174 valence electrons. The van der Waals surface area contributed by atoms with Crippen LogP contribution in [0, 0.1) is 0 Å². The number of carbonyl (C=O) groups is 2. The van der Waals surface area contributed by atoms with E-state index in [4.69, 9.17) is 16.3 Å². The number of hydrogen-bond donors (Lipinski definition) is 1. The van der Waals surface area contributed by atoms with Crippen molar-refractivity contribution in [3.63, 3.8) is 0 Å². The zero-order valence-corrected chi connectivity index (χ0v) is 20.1. The number of amides is 2. The van der Waals surface area contributed by atoms with E-state index in [1.807, 2.05) is 0 Å². The summed E-state index contributed by atoms with van der Waals surface area (Å²) in [4.78, 5) is 27.3. The molecule has 2 amide bonds. The number of anilines is 1. The van der Waals surface area contributed by atoms with Crippen LogP contribution in [-0.2, 0) is 26.2 Å². The van der Waals surface area contributed by atoms with Gasteiger partial charge in [0.05, 0.1) is 24.1 Å². The highest BCUT2D eigenvalue weighted by atomic mass is 35.5. The van der Waals surface area contributed by atoms with Gasteiger partial charge in [0, 0.05) is 13.6 Å². The first-order chi connectivity index (χ1) is 15.1. The first kappa shape index (κ1) is 25.5. The van der Waals surface area contributed by atoms with Crippen LogP contribution in [0.2, 0.25) is 5.02 Å². The van der Waals surface area contributed by atoms with E-state index in [-0.39, 0.29) is 23.2 Å². The first-order valence-corrected chi connectivity index (χ1v) is 12.2.